The summed E-state index contributed by atoms with van der Waals surface area (Å²) in [6.07, 6.45) is 2.76. The van der Waals surface area contributed by atoms with Gasteiger partial charge in [-0.05, 0) is 40.3 Å². The molecule has 3 aromatic rings. The Bertz CT molecular complexity index is 915. The van der Waals surface area contributed by atoms with E-state index in [9.17, 15) is 4.39 Å². The van der Waals surface area contributed by atoms with Crippen LogP contribution in [0.3, 0.4) is 0 Å². The fourth-order valence-corrected chi connectivity index (χ4v) is 3.09. The standard InChI is InChI=1S/C22H22FNO/c1-24(2)15-18(16-7-6-8-19(23)14-16)13-17-11-12-22(25-3)21-10-5-4-9-20(17)21/h4-12,14-15H,13H2,1-3H3/b18-15+. The summed E-state index contributed by atoms with van der Waals surface area (Å²) in [6, 6.07) is 19.0. The topological polar surface area (TPSA) is 12.5 Å². The van der Waals surface area contributed by atoms with E-state index in [1.807, 2.05) is 49.5 Å². The van der Waals surface area contributed by atoms with Crippen LogP contribution in [0.1, 0.15) is 11.1 Å². The van der Waals surface area contributed by atoms with Crippen LogP contribution in [0.2, 0.25) is 0 Å². The van der Waals surface area contributed by atoms with Gasteiger partial charge in [-0.3, -0.25) is 0 Å². The SMILES string of the molecule is COc1ccc(C/C(=C\N(C)C)c2cccc(F)c2)c2ccccc12. The number of hydrogen-bond acceptors (Lipinski definition) is 2. The molecule has 0 saturated heterocycles. The highest BCUT2D eigenvalue weighted by atomic mass is 19.1. The van der Waals surface area contributed by atoms with Crippen molar-refractivity contribution in [3.8, 4) is 5.75 Å². The lowest BCUT2D eigenvalue weighted by Crippen LogP contribution is -2.04. The molecular weight excluding hydrogens is 313 g/mol. The maximum atomic E-state index is 13.7. The predicted molar refractivity (Wildman–Crippen MR) is 102 cm³/mol. The molecule has 3 heteroatoms. The summed E-state index contributed by atoms with van der Waals surface area (Å²) in [5.41, 5.74) is 3.15. The molecule has 2 nitrogen and oxygen atoms in total. The van der Waals surface area contributed by atoms with E-state index in [0.717, 1.165) is 27.7 Å². The monoisotopic (exact) mass is 335 g/mol. The summed E-state index contributed by atoms with van der Waals surface area (Å²) in [7, 11) is 5.64. The molecule has 0 aliphatic rings. The van der Waals surface area contributed by atoms with Crippen molar-refractivity contribution in [2.45, 2.75) is 6.42 Å². The minimum atomic E-state index is -0.221. The summed E-state index contributed by atoms with van der Waals surface area (Å²) in [5, 5.41) is 2.24. The van der Waals surface area contributed by atoms with Crippen LogP contribution >= 0.6 is 0 Å². The summed E-state index contributed by atoms with van der Waals surface area (Å²) >= 11 is 0. The normalized spacial score (nSPS) is 11.6. The van der Waals surface area contributed by atoms with Crippen molar-refractivity contribution in [3.05, 3.63) is 83.8 Å². The number of rotatable bonds is 5. The number of allylic oxidation sites excluding steroid dienone is 1. The molecule has 0 aliphatic carbocycles. The molecule has 0 aromatic heterocycles. The molecule has 0 fully saturated rings. The predicted octanol–water partition coefficient (Wildman–Crippen LogP) is 5.13. The van der Waals surface area contributed by atoms with Crippen LogP contribution in [0.5, 0.6) is 5.75 Å². The summed E-state index contributed by atoms with van der Waals surface area (Å²) in [5.74, 6) is 0.644. The van der Waals surface area contributed by atoms with Gasteiger partial charge in [0.25, 0.3) is 0 Å². The number of methoxy groups -OCH3 is 1. The second-order valence-electron chi connectivity index (χ2n) is 6.28. The molecule has 0 atom stereocenters. The Balaban J connectivity index is 2.08. The van der Waals surface area contributed by atoms with Crippen LogP contribution in [-0.2, 0) is 6.42 Å². The molecule has 0 bridgehead atoms. The fraction of sp³-hybridized carbons (Fsp3) is 0.182. The van der Waals surface area contributed by atoms with Gasteiger partial charge in [0.05, 0.1) is 7.11 Å². The maximum absolute atomic E-state index is 13.7. The molecule has 3 rings (SSSR count). The zero-order valence-electron chi connectivity index (χ0n) is 14.8. The van der Waals surface area contributed by atoms with Gasteiger partial charge in [0.2, 0.25) is 0 Å². The summed E-state index contributed by atoms with van der Waals surface area (Å²) in [6.45, 7) is 0. The molecule has 25 heavy (non-hydrogen) atoms. The number of nitrogens with zero attached hydrogens (tertiary/aromatic N) is 1. The second kappa shape index (κ2) is 7.39. The summed E-state index contributed by atoms with van der Waals surface area (Å²) in [4.78, 5) is 1.99. The van der Waals surface area contributed by atoms with Crippen LogP contribution in [-0.4, -0.2) is 26.1 Å². The molecule has 0 spiro atoms. The highest BCUT2D eigenvalue weighted by Gasteiger charge is 2.10. The molecule has 0 N–H and O–H groups in total. The van der Waals surface area contributed by atoms with E-state index in [0.29, 0.717) is 6.42 Å². The zero-order chi connectivity index (χ0) is 17.8. The van der Waals surface area contributed by atoms with Crippen LogP contribution < -0.4 is 4.74 Å². The molecule has 0 amide bonds. The van der Waals surface area contributed by atoms with Crippen LogP contribution in [0.15, 0.2) is 66.9 Å². The van der Waals surface area contributed by atoms with Gasteiger partial charge in [-0.1, -0.05) is 42.5 Å². The van der Waals surface area contributed by atoms with Gasteiger partial charge < -0.3 is 9.64 Å². The Morgan fingerprint density at radius 1 is 1.00 bits per heavy atom. The van der Waals surface area contributed by atoms with Crippen LogP contribution in [0.25, 0.3) is 16.3 Å². The van der Waals surface area contributed by atoms with Crippen molar-refractivity contribution >= 4 is 16.3 Å². The Morgan fingerprint density at radius 3 is 2.44 bits per heavy atom. The molecule has 0 saturated carbocycles. The smallest absolute Gasteiger partial charge is 0.126 e. The van der Waals surface area contributed by atoms with Crippen molar-refractivity contribution in [1.82, 2.24) is 4.90 Å². The number of fused-ring (bicyclic) bond motifs is 1. The molecule has 0 heterocycles. The van der Waals surface area contributed by atoms with E-state index < -0.39 is 0 Å². The Kier molecular flexibility index (Phi) is 5.03. The molecule has 0 aliphatic heterocycles. The molecule has 0 unspecified atom stereocenters. The Hall–Kier alpha value is -2.81. The maximum Gasteiger partial charge on any atom is 0.126 e. The van der Waals surface area contributed by atoms with Crippen molar-refractivity contribution < 1.29 is 9.13 Å². The molecule has 3 aromatic carbocycles. The number of hydrogen-bond donors (Lipinski definition) is 0. The van der Waals surface area contributed by atoms with Crippen LogP contribution in [0.4, 0.5) is 4.39 Å². The molecule has 128 valence electrons. The van der Waals surface area contributed by atoms with Gasteiger partial charge in [0, 0.05) is 32.1 Å². The lowest BCUT2D eigenvalue weighted by Gasteiger charge is -2.15. The minimum Gasteiger partial charge on any atom is -0.496 e. The fourth-order valence-electron chi connectivity index (χ4n) is 3.09. The molecular formula is C22H22FNO. The van der Waals surface area contributed by atoms with Gasteiger partial charge in [0.1, 0.15) is 11.6 Å². The van der Waals surface area contributed by atoms with Gasteiger partial charge >= 0.3 is 0 Å². The van der Waals surface area contributed by atoms with Crippen molar-refractivity contribution in [1.29, 1.82) is 0 Å². The van der Waals surface area contributed by atoms with E-state index in [2.05, 4.69) is 18.2 Å². The lowest BCUT2D eigenvalue weighted by atomic mass is 9.94. The number of benzene rings is 3. The van der Waals surface area contributed by atoms with Crippen molar-refractivity contribution in [2.75, 3.05) is 21.2 Å². The second-order valence-corrected chi connectivity index (χ2v) is 6.28. The average Bonchev–Trinajstić information content (AvgIpc) is 2.61. The first-order valence-corrected chi connectivity index (χ1v) is 8.26. The van der Waals surface area contributed by atoms with Gasteiger partial charge in [0.15, 0.2) is 0 Å². The van der Waals surface area contributed by atoms with Crippen LogP contribution in [0, 0.1) is 5.82 Å². The molecule has 0 radical (unpaired) electrons. The van der Waals surface area contributed by atoms with E-state index in [-0.39, 0.29) is 5.82 Å². The Morgan fingerprint density at radius 2 is 1.76 bits per heavy atom. The first-order chi connectivity index (χ1) is 12.1. The third kappa shape index (κ3) is 3.82. The highest BCUT2D eigenvalue weighted by molar-refractivity contribution is 5.92. The minimum absolute atomic E-state index is 0.221. The average molecular weight is 335 g/mol. The van der Waals surface area contributed by atoms with Gasteiger partial charge in [-0.25, -0.2) is 4.39 Å². The van der Waals surface area contributed by atoms with Gasteiger partial charge in [-0.15, -0.1) is 0 Å². The van der Waals surface area contributed by atoms with Crippen molar-refractivity contribution in [2.24, 2.45) is 0 Å². The summed E-state index contributed by atoms with van der Waals surface area (Å²) < 4.78 is 19.2. The first-order valence-electron chi connectivity index (χ1n) is 8.26. The highest BCUT2D eigenvalue weighted by Crippen LogP contribution is 2.31. The third-order valence-electron chi connectivity index (χ3n) is 4.18. The van der Waals surface area contributed by atoms with E-state index in [4.69, 9.17) is 4.74 Å². The quantitative estimate of drug-likeness (QED) is 0.641. The largest absolute Gasteiger partial charge is 0.496 e. The van der Waals surface area contributed by atoms with Crippen molar-refractivity contribution in [3.63, 3.8) is 0 Å². The Labute approximate surface area is 148 Å². The van der Waals surface area contributed by atoms with Gasteiger partial charge in [-0.2, -0.15) is 0 Å². The van der Waals surface area contributed by atoms with E-state index >= 15 is 0 Å². The van der Waals surface area contributed by atoms with E-state index in [1.165, 1.54) is 11.6 Å². The lowest BCUT2D eigenvalue weighted by molar-refractivity contribution is 0.419. The van der Waals surface area contributed by atoms with E-state index in [1.54, 1.807) is 19.2 Å². The number of ether oxygens (including phenoxy) is 1. The third-order valence-corrected chi connectivity index (χ3v) is 4.18. The first kappa shape index (κ1) is 17.0. The number of halogens is 1. The zero-order valence-corrected chi connectivity index (χ0v) is 14.8.